The molecule has 2 heterocycles. The van der Waals surface area contributed by atoms with Gasteiger partial charge in [-0.05, 0) is 25.5 Å². The summed E-state index contributed by atoms with van der Waals surface area (Å²) in [5.74, 6) is 0.538. The summed E-state index contributed by atoms with van der Waals surface area (Å²) in [6.45, 7) is 10.9. The van der Waals surface area contributed by atoms with E-state index in [4.69, 9.17) is 16.3 Å². The van der Waals surface area contributed by atoms with Crippen molar-refractivity contribution in [2.45, 2.75) is 142 Å². The molecule has 0 aliphatic rings. The van der Waals surface area contributed by atoms with Gasteiger partial charge in [0.25, 0.3) is 5.91 Å². The molecule has 3 rings (SSSR count). The Kier molecular flexibility index (Phi) is 14.4. The maximum absolute atomic E-state index is 13.1. The van der Waals surface area contributed by atoms with E-state index in [-0.39, 0.29) is 11.3 Å². The highest BCUT2D eigenvalue weighted by Crippen LogP contribution is 2.32. The van der Waals surface area contributed by atoms with Gasteiger partial charge in [0.1, 0.15) is 11.1 Å². The number of ether oxygens (including phenoxy) is 1. The standard InChI is InChI=1S/C34H54ClN5O2/c1-6-8-9-10-11-12-13-14-15-16-17-18-19-20-24-28(42-7-2)33(41)36-27-23-21-22-26(25-27)31-37-32-29(35)30(34(3,4)5)38-40(32)39-31/h21-23,25,28H,6-20,24H2,1-5H3,(H,36,41)(H,37,39). The number of carbonyl (C=O) groups excluding carboxylic acids is 1. The van der Waals surface area contributed by atoms with Gasteiger partial charge in [0.05, 0.1) is 5.69 Å². The molecular formula is C34H54ClN5O2. The topological polar surface area (TPSA) is 84.3 Å². The first kappa shape index (κ1) is 34.1. The highest BCUT2D eigenvalue weighted by atomic mass is 35.5. The molecule has 1 unspecified atom stereocenters. The molecule has 0 bridgehead atoms. The number of hydrogen-bond donors (Lipinski definition) is 2. The summed E-state index contributed by atoms with van der Waals surface area (Å²) in [6.07, 6.45) is 18.7. The second kappa shape index (κ2) is 17.7. The number of nitrogens with zero attached hydrogens (tertiary/aromatic N) is 3. The molecule has 7 nitrogen and oxygen atoms in total. The van der Waals surface area contributed by atoms with Crippen molar-refractivity contribution in [1.29, 1.82) is 0 Å². The fourth-order valence-corrected chi connectivity index (χ4v) is 5.83. The average molecular weight is 600 g/mol. The van der Waals surface area contributed by atoms with Crippen LogP contribution in [-0.2, 0) is 14.9 Å². The van der Waals surface area contributed by atoms with Crippen molar-refractivity contribution in [3.05, 3.63) is 35.0 Å². The van der Waals surface area contributed by atoms with Crippen LogP contribution >= 0.6 is 11.6 Å². The van der Waals surface area contributed by atoms with Crippen LogP contribution in [0.4, 0.5) is 5.69 Å². The zero-order chi connectivity index (χ0) is 30.4. The summed E-state index contributed by atoms with van der Waals surface area (Å²) in [7, 11) is 0. The molecule has 2 N–H and O–H groups in total. The van der Waals surface area contributed by atoms with Crippen molar-refractivity contribution in [2.75, 3.05) is 11.9 Å². The fraction of sp³-hybridized carbons (Fsp3) is 0.676. The highest BCUT2D eigenvalue weighted by Gasteiger charge is 2.25. The van der Waals surface area contributed by atoms with Crippen molar-refractivity contribution in [2.24, 2.45) is 0 Å². The summed E-state index contributed by atoms with van der Waals surface area (Å²) in [5, 5.41) is 12.8. The summed E-state index contributed by atoms with van der Waals surface area (Å²) in [6, 6.07) is 7.64. The molecule has 0 saturated heterocycles. The zero-order valence-corrected chi connectivity index (χ0v) is 27.5. The second-order valence-corrected chi connectivity index (χ2v) is 13.0. The van der Waals surface area contributed by atoms with E-state index in [9.17, 15) is 4.79 Å². The summed E-state index contributed by atoms with van der Waals surface area (Å²) in [4.78, 5) is 16.4. The van der Waals surface area contributed by atoms with Crippen LogP contribution in [0.3, 0.4) is 0 Å². The number of anilines is 1. The van der Waals surface area contributed by atoms with Crippen molar-refractivity contribution in [3.8, 4) is 11.4 Å². The molecule has 0 aliphatic carbocycles. The van der Waals surface area contributed by atoms with E-state index in [2.05, 4.69) is 48.2 Å². The number of hydrogen-bond acceptors (Lipinski definition) is 4. The number of fused-ring (bicyclic) bond motifs is 1. The molecule has 0 fully saturated rings. The number of amides is 1. The predicted molar refractivity (Wildman–Crippen MR) is 175 cm³/mol. The van der Waals surface area contributed by atoms with Crippen LogP contribution in [-0.4, -0.2) is 38.4 Å². The zero-order valence-electron chi connectivity index (χ0n) is 26.7. The number of unbranched alkanes of at least 4 members (excludes halogenated alkanes) is 13. The quantitative estimate of drug-likeness (QED) is 0.127. The number of H-pyrrole nitrogens is 1. The van der Waals surface area contributed by atoms with Gasteiger partial charge >= 0.3 is 0 Å². The molecule has 1 aromatic carbocycles. The fourth-order valence-electron chi connectivity index (χ4n) is 5.39. The maximum atomic E-state index is 13.1. The first-order valence-electron chi connectivity index (χ1n) is 16.4. The van der Waals surface area contributed by atoms with E-state index >= 15 is 0 Å². The first-order valence-corrected chi connectivity index (χ1v) is 16.8. The van der Waals surface area contributed by atoms with Crippen LogP contribution in [0.5, 0.6) is 0 Å². The van der Waals surface area contributed by atoms with Crippen LogP contribution in [0.2, 0.25) is 5.02 Å². The van der Waals surface area contributed by atoms with E-state index < -0.39 is 6.10 Å². The monoisotopic (exact) mass is 599 g/mol. The van der Waals surface area contributed by atoms with Gasteiger partial charge < -0.3 is 15.0 Å². The minimum absolute atomic E-state index is 0.101. The van der Waals surface area contributed by atoms with E-state index in [1.165, 1.54) is 77.0 Å². The smallest absolute Gasteiger partial charge is 0.253 e. The number of aromatic amines is 1. The molecular weight excluding hydrogens is 546 g/mol. The molecule has 1 amide bonds. The molecule has 2 aromatic heterocycles. The van der Waals surface area contributed by atoms with Gasteiger partial charge in [-0.2, -0.15) is 5.10 Å². The van der Waals surface area contributed by atoms with Gasteiger partial charge in [-0.25, -0.2) is 0 Å². The highest BCUT2D eigenvalue weighted by molar-refractivity contribution is 6.34. The summed E-state index contributed by atoms with van der Waals surface area (Å²) >= 11 is 6.60. The molecule has 0 aliphatic heterocycles. The van der Waals surface area contributed by atoms with Crippen LogP contribution in [0.15, 0.2) is 24.3 Å². The lowest BCUT2D eigenvalue weighted by atomic mass is 9.92. The third-order valence-electron chi connectivity index (χ3n) is 7.84. The van der Waals surface area contributed by atoms with E-state index in [1.807, 2.05) is 31.2 Å². The van der Waals surface area contributed by atoms with Crippen molar-refractivity contribution < 1.29 is 9.53 Å². The Morgan fingerprint density at radius 3 is 2.07 bits per heavy atom. The van der Waals surface area contributed by atoms with Crippen molar-refractivity contribution in [1.82, 2.24) is 19.8 Å². The van der Waals surface area contributed by atoms with Gasteiger partial charge in [-0.15, -0.1) is 9.73 Å². The van der Waals surface area contributed by atoms with E-state index in [1.54, 1.807) is 4.63 Å². The van der Waals surface area contributed by atoms with Crippen LogP contribution in [0.1, 0.15) is 137 Å². The third-order valence-corrected chi connectivity index (χ3v) is 8.19. The van der Waals surface area contributed by atoms with Gasteiger partial charge in [0.2, 0.25) is 0 Å². The first-order chi connectivity index (χ1) is 20.2. The Labute approximate surface area is 258 Å². The van der Waals surface area contributed by atoms with Crippen LogP contribution < -0.4 is 5.32 Å². The predicted octanol–water partition coefficient (Wildman–Crippen LogP) is 9.89. The Morgan fingerprint density at radius 2 is 1.52 bits per heavy atom. The largest absolute Gasteiger partial charge is 0.369 e. The molecule has 3 aromatic rings. The minimum atomic E-state index is -0.447. The Morgan fingerprint density at radius 1 is 0.929 bits per heavy atom. The van der Waals surface area contributed by atoms with E-state index in [0.717, 1.165) is 30.5 Å². The van der Waals surface area contributed by atoms with Crippen LogP contribution in [0.25, 0.3) is 17.0 Å². The minimum Gasteiger partial charge on any atom is -0.369 e. The Balaban J connectivity index is 1.40. The molecule has 8 heteroatoms. The average Bonchev–Trinajstić information content (AvgIpc) is 3.52. The Bertz CT molecular complexity index is 1210. The normalized spacial score (nSPS) is 12.7. The second-order valence-electron chi connectivity index (χ2n) is 12.6. The molecule has 234 valence electrons. The van der Waals surface area contributed by atoms with E-state index in [0.29, 0.717) is 28.8 Å². The molecule has 0 radical (unpaired) electrons. The van der Waals surface area contributed by atoms with Gasteiger partial charge in [-0.3, -0.25) is 4.79 Å². The summed E-state index contributed by atoms with van der Waals surface area (Å²) in [5.41, 5.74) is 2.83. The van der Waals surface area contributed by atoms with Crippen LogP contribution in [0, 0.1) is 0 Å². The number of rotatable bonds is 20. The Hall–Kier alpha value is -2.38. The van der Waals surface area contributed by atoms with Crippen molar-refractivity contribution in [3.63, 3.8) is 0 Å². The summed E-state index contributed by atoms with van der Waals surface area (Å²) < 4.78 is 7.38. The molecule has 42 heavy (non-hydrogen) atoms. The SMILES string of the molecule is CCCCCCCCCCCCCCCCC(OCC)C(=O)Nc1cccc(-c2nn3nc(C(C)(C)C)c(Cl)c3[nH]2)c1. The number of aromatic nitrogens is 4. The number of nitrogens with one attached hydrogen (secondary N) is 2. The molecule has 1 atom stereocenters. The third kappa shape index (κ3) is 10.7. The lowest BCUT2D eigenvalue weighted by Crippen LogP contribution is -2.30. The lowest BCUT2D eigenvalue weighted by Gasteiger charge is -2.17. The molecule has 0 saturated carbocycles. The maximum Gasteiger partial charge on any atom is 0.253 e. The number of benzene rings is 1. The molecule has 0 spiro atoms. The van der Waals surface area contributed by atoms with Crippen molar-refractivity contribution >= 4 is 28.8 Å². The van der Waals surface area contributed by atoms with Gasteiger partial charge in [0.15, 0.2) is 11.5 Å². The number of halogens is 1. The lowest BCUT2D eigenvalue weighted by molar-refractivity contribution is -0.127. The van der Waals surface area contributed by atoms with Gasteiger partial charge in [0, 0.05) is 23.3 Å². The number of carbonyl (C=O) groups is 1. The van der Waals surface area contributed by atoms with Gasteiger partial charge in [-0.1, -0.05) is 141 Å².